The Balaban J connectivity index is 3.24. The molecule has 0 spiro atoms. The van der Waals surface area contributed by atoms with Gasteiger partial charge in [-0.25, -0.2) is 4.79 Å². The highest BCUT2D eigenvalue weighted by Gasteiger charge is 1.97. The molecule has 0 rings (SSSR count). The van der Waals surface area contributed by atoms with Crippen LogP contribution in [0, 0.1) is 0 Å². The monoisotopic (exact) mass is 215 g/mol. The third-order valence-electron chi connectivity index (χ3n) is 1.71. The molecule has 0 saturated carbocycles. The van der Waals surface area contributed by atoms with Gasteiger partial charge in [0.25, 0.3) is 0 Å². The second-order valence-electron chi connectivity index (χ2n) is 3.38. The van der Waals surface area contributed by atoms with E-state index in [1.165, 1.54) is 18.9 Å². The van der Waals surface area contributed by atoms with Crippen LogP contribution in [-0.2, 0) is 14.3 Å². The first-order valence-electron chi connectivity index (χ1n) is 5.35. The predicted octanol–water partition coefficient (Wildman–Crippen LogP) is 1.60. The van der Waals surface area contributed by atoms with Crippen molar-refractivity contribution in [2.45, 2.75) is 33.1 Å². The highest BCUT2D eigenvalue weighted by Crippen LogP contribution is 1.94. The summed E-state index contributed by atoms with van der Waals surface area (Å²) < 4.78 is 10.1. The van der Waals surface area contributed by atoms with Crippen LogP contribution in [0.4, 0.5) is 0 Å². The van der Waals surface area contributed by atoms with Gasteiger partial charge in [-0.2, -0.15) is 0 Å². The second-order valence-corrected chi connectivity index (χ2v) is 3.38. The third kappa shape index (κ3) is 10.9. The minimum Gasteiger partial charge on any atom is -0.460 e. The molecule has 0 unspecified atom stereocenters. The number of unbranched alkanes of at least 4 members (excludes halogenated alkanes) is 2. The number of esters is 1. The van der Waals surface area contributed by atoms with Gasteiger partial charge >= 0.3 is 5.97 Å². The van der Waals surface area contributed by atoms with Crippen LogP contribution in [0.15, 0.2) is 11.8 Å². The van der Waals surface area contributed by atoms with Gasteiger partial charge in [-0.3, -0.25) is 0 Å². The fourth-order valence-electron chi connectivity index (χ4n) is 0.985. The molecule has 0 aliphatic heterocycles. The number of carbonyl (C=O) groups is 1. The lowest BCUT2D eigenvalue weighted by Crippen LogP contribution is -2.10. The molecule has 0 aromatic carbocycles. The Labute approximate surface area is 91.4 Å². The SMILES string of the molecule is CCCCCOCCOC(=O)/C=C(/C)N. The van der Waals surface area contributed by atoms with Crippen molar-refractivity contribution in [2.75, 3.05) is 19.8 Å². The Bertz CT molecular complexity index is 198. The quantitative estimate of drug-likeness (QED) is 0.379. The summed E-state index contributed by atoms with van der Waals surface area (Å²) in [6, 6.07) is 0. The summed E-state index contributed by atoms with van der Waals surface area (Å²) in [5.74, 6) is -0.410. The minimum absolute atomic E-state index is 0.286. The molecular formula is C11H21NO3. The summed E-state index contributed by atoms with van der Waals surface area (Å²) in [6.45, 7) is 5.25. The highest BCUT2D eigenvalue weighted by atomic mass is 16.6. The summed E-state index contributed by atoms with van der Waals surface area (Å²) in [5.41, 5.74) is 5.76. The number of ether oxygens (including phenoxy) is 2. The van der Waals surface area contributed by atoms with Crippen LogP contribution in [0.25, 0.3) is 0 Å². The zero-order valence-electron chi connectivity index (χ0n) is 9.62. The summed E-state index contributed by atoms with van der Waals surface area (Å²) in [5, 5.41) is 0. The lowest BCUT2D eigenvalue weighted by atomic mass is 10.3. The van der Waals surface area contributed by atoms with E-state index in [-0.39, 0.29) is 6.61 Å². The maximum absolute atomic E-state index is 11.0. The van der Waals surface area contributed by atoms with Gasteiger partial charge in [-0.1, -0.05) is 19.8 Å². The van der Waals surface area contributed by atoms with Gasteiger partial charge in [0, 0.05) is 18.4 Å². The van der Waals surface area contributed by atoms with Gasteiger partial charge in [0.05, 0.1) is 6.61 Å². The molecule has 88 valence electrons. The summed E-state index contributed by atoms with van der Waals surface area (Å²) in [6.07, 6.45) is 4.68. The Hall–Kier alpha value is -1.03. The number of hydrogen-bond donors (Lipinski definition) is 1. The number of carbonyl (C=O) groups excluding carboxylic acids is 1. The Morgan fingerprint density at radius 3 is 2.60 bits per heavy atom. The molecular weight excluding hydrogens is 194 g/mol. The predicted molar refractivity (Wildman–Crippen MR) is 59.2 cm³/mol. The largest absolute Gasteiger partial charge is 0.460 e. The molecule has 0 heterocycles. The van der Waals surface area contributed by atoms with Crippen LogP contribution in [0.1, 0.15) is 33.1 Å². The molecule has 0 aliphatic carbocycles. The van der Waals surface area contributed by atoms with Gasteiger partial charge in [0.1, 0.15) is 6.61 Å². The van der Waals surface area contributed by atoms with Crippen molar-refractivity contribution in [1.82, 2.24) is 0 Å². The van der Waals surface area contributed by atoms with E-state index < -0.39 is 5.97 Å². The van der Waals surface area contributed by atoms with Crippen LogP contribution in [0.2, 0.25) is 0 Å². The van der Waals surface area contributed by atoms with E-state index in [4.69, 9.17) is 15.2 Å². The molecule has 0 aliphatic rings. The maximum atomic E-state index is 11.0. The van der Waals surface area contributed by atoms with Crippen molar-refractivity contribution in [3.05, 3.63) is 11.8 Å². The van der Waals surface area contributed by atoms with Crippen LogP contribution in [0.5, 0.6) is 0 Å². The van der Waals surface area contributed by atoms with Crippen molar-refractivity contribution in [3.8, 4) is 0 Å². The lowest BCUT2D eigenvalue weighted by molar-refractivity contribution is -0.139. The Morgan fingerprint density at radius 2 is 2.00 bits per heavy atom. The number of nitrogens with two attached hydrogens (primary N) is 1. The first-order valence-corrected chi connectivity index (χ1v) is 5.35. The molecule has 2 N–H and O–H groups in total. The normalized spacial score (nSPS) is 11.5. The standard InChI is InChI=1S/C11H21NO3/c1-3-4-5-6-14-7-8-15-11(13)9-10(2)12/h9H,3-8,12H2,1-2H3/b10-9-. The molecule has 0 atom stereocenters. The number of allylic oxidation sites excluding steroid dienone is 1. The number of rotatable bonds is 8. The van der Waals surface area contributed by atoms with Crippen LogP contribution in [-0.4, -0.2) is 25.8 Å². The molecule has 15 heavy (non-hydrogen) atoms. The molecule has 4 nitrogen and oxygen atoms in total. The number of hydrogen-bond acceptors (Lipinski definition) is 4. The molecule has 0 bridgehead atoms. The lowest BCUT2D eigenvalue weighted by Gasteiger charge is -2.04. The second kappa shape index (κ2) is 9.52. The van der Waals surface area contributed by atoms with E-state index in [2.05, 4.69) is 6.92 Å². The zero-order chi connectivity index (χ0) is 11.5. The van der Waals surface area contributed by atoms with E-state index in [0.717, 1.165) is 13.0 Å². The van der Waals surface area contributed by atoms with Gasteiger partial charge in [0.2, 0.25) is 0 Å². The van der Waals surface area contributed by atoms with Crippen LogP contribution < -0.4 is 5.73 Å². The zero-order valence-corrected chi connectivity index (χ0v) is 9.62. The summed E-state index contributed by atoms with van der Waals surface area (Å²) in [4.78, 5) is 11.0. The van der Waals surface area contributed by atoms with Gasteiger partial charge in [-0.15, -0.1) is 0 Å². The van der Waals surface area contributed by atoms with Crippen molar-refractivity contribution in [3.63, 3.8) is 0 Å². The molecule has 4 heteroatoms. The third-order valence-corrected chi connectivity index (χ3v) is 1.71. The summed E-state index contributed by atoms with van der Waals surface area (Å²) >= 11 is 0. The van der Waals surface area contributed by atoms with E-state index in [9.17, 15) is 4.79 Å². The van der Waals surface area contributed by atoms with E-state index >= 15 is 0 Å². The Kier molecular flexibility index (Phi) is 8.87. The van der Waals surface area contributed by atoms with E-state index in [1.54, 1.807) is 6.92 Å². The maximum Gasteiger partial charge on any atom is 0.332 e. The van der Waals surface area contributed by atoms with Crippen LogP contribution in [0.3, 0.4) is 0 Å². The smallest absolute Gasteiger partial charge is 0.332 e. The molecule has 0 aromatic rings. The molecule has 0 fully saturated rings. The molecule has 0 amide bonds. The average molecular weight is 215 g/mol. The van der Waals surface area contributed by atoms with Gasteiger partial charge in [-0.05, 0) is 13.3 Å². The first kappa shape index (κ1) is 14.0. The molecule has 0 radical (unpaired) electrons. The molecule has 0 saturated heterocycles. The molecule has 0 aromatic heterocycles. The fraction of sp³-hybridized carbons (Fsp3) is 0.727. The Morgan fingerprint density at radius 1 is 1.27 bits per heavy atom. The van der Waals surface area contributed by atoms with Crippen molar-refractivity contribution in [1.29, 1.82) is 0 Å². The van der Waals surface area contributed by atoms with Crippen molar-refractivity contribution >= 4 is 5.97 Å². The van der Waals surface area contributed by atoms with Crippen molar-refractivity contribution < 1.29 is 14.3 Å². The van der Waals surface area contributed by atoms with Gasteiger partial charge in [0.15, 0.2) is 0 Å². The summed E-state index contributed by atoms with van der Waals surface area (Å²) in [7, 11) is 0. The van der Waals surface area contributed by atoms with Crippen LogP contribution >= 0.6 is 0 Å². The van der Waals surface area contributed by atoms with Crippen molar-refractivity contribution in [2.24, 2.45) is 5.73 Å². The topological polar surface area (TPSA) is 61.5 Å². The minimum atomic E-state index is -0.410. The first-order chi connectivity index (χ1) is 7.16. The average Bonchev–Trinajstić information content (AvgIpc) is 2.15. The fourth-order valence-corrected chi connectivity index (χ4v) is 0.985. The van der Waals surface area contributed by atoms with E-state index in [0.29, 0.717) is 12.3 Å². The van der Waals surface area contributed by atoms with Gasteiger partial charge < -0.3 is 15.2 Å². The highest BCUT2D eigenvalue weighted by molar-refractivity contribution is 5.82. The van der Waals surface area contributed by atoms with E-state index in [1.807, 2.05) is 0 Å².